The van der Waals surface area contributed by atoms with E-state index in [4.69, 9.17) is 4.74 Å². The van der Waals surface area contributed by atoms with E-state index in [1.54, 1.807) is 0 Å². The van der Waals surface area contributed by atoms with E-state index in [1.807, 2.05) is 0 Å². The third kappa shape index (κ3) is 3.68. The van der Waals surface area contributed by atoms with E-state index < -0.39 is 0 Å². The van der Waals surface area contributed by atoms with Crippen molar-refractivity contribution in [3.8, 4) is 0 Å². The Kier molecular flexibility index (Phi) is 6.55. The third-order valence-corrected chi connectivity index (χ3v) is 11.2. The second-order valence-electron chi connectivity index (χ2n) is 12.2. The summed E-state index contributed by atoms with van der Waals surface area (Å²) >= 11 is 0. The molecule has 0 bridgehead atoms. The number of hydrogen-bond donors (Lipinski definition) is 2. The first kappa shape index (κ1) is 23.5. The van der Waals surface area contributed by atoms with Crippen molar-refractivity contribution in [2.24, 2.45) is 52.3 Å². The van der Waals surface area contributed by atoms with Gasteiger partial charge in [0.2, 0.25) is 0 Å². The maximum Gasteiger partial charge on any atom is 0.305 e. The van der Waals surface area contributed by atoms with Crippen LogP contribution < -0.4 is 0 Å². The topological polar surface area (TPSA) is 66.8 Å². The van der Waals surface area contributed by atoms with E-state index in [1.165, 1.54) is 32.8 Å². The highest BCUT2D eigenvalue weighted by atomic mass is 16.5. The average molecular weight is 435 g/mol. The van der Waals surface area contributed by atoms with Gasteiger partial charge in [-0.05, 0) is 104 Å². The molecule has 0 amide bonds. The molecule has 5 unspecified atom stereocenters. The van der Waals surface area contributed by atoms with E-state index in [2.05, 4.69) is 27.7 Å². The van der Waals surface area contributed by atoms with E-state index >= 15 is 0 Å². The van der Waals surface area contributed by atoms with Crippen molar-refractivity contribution in [3.63, 3.8) is 0 Å². The Hall–Kier alpha value is -0.610. The number of esters is 1. The number of carbonyl (C=O) groups excluding carboxylic acids is 1. The molecule has 0 spiro atoms. The Labute approximate surface area is 189 Å². The molecule has 4 rings (SSSR count). The quantitative estimate of drug-likeness (QED) is 0.584. The van der Waals surface area contributed by atoms with Crippen molar-refractivity contribution in [1.82, 2.24) is 0 Å². The van der Waals surface area contributed by atoms with Crippen LogP contribution in [0.25, 0.3) is 0 Å². The first-order valence-electron chi connectivity index (χ1n) is 13.1. The Morgan fingerprint density at radius 3 is 2.39 bits per heavy atom. The number of aliphatic hydroxyl groups excluding tert-OH is 2. The second kappa shape index (κ2) is 8.63. The molecule has 0 aromatic rings. The fourth-order valence-corrected chi connectivity index (χ4v) is 9.58. The summed E-state index contributed by atoms with van der Waals surface area (Å²) in [5.41, 5.74) is 0.535. The van der Waals surface area contributed by atoms with Crippen molar-refractivity contribution < 1.29 is 19.7 Å². The molecule has 0 aliphatic heterocycles. The molecule has 11 atom stereocenters. The van der Waals surface area contributed by atoms with E-state index in [-0.39, 0.29) is 29.0 Å². The number of hydrogen-bond acceptors (Lipinski definition) is 4. The molecular formula is C27H46O4. The Morgan fingerprint density at radius 1 is 1.03 bits per heavy atom. The number of carbonyl (C=O) groups is 1. The van der Waals surface area contributed by atoms with Crippen molar-refractivity contribution >= 4 is 5.97 Å². The third-order valence-electron chi connectivity index (χ3n) is 11.2. The zero-order chi connectivity index (χ0) is 22.6. The van der Waals surface area contributed by atoms with Crippen LogP contribution in [0.4, 0.5) is 0 Å². The standard InChI is InChI=1S/C27H46O4/c1-6-18-22-15-17(28)11-13-27(22,4)21-12-14-26(3)19(16(2)7-10-23(29)31-5)8-9-20(26)24(21)25(18)30/h16-22,24-25,28,30H,6-15H2,1-5H3/t16-,17-,18-,19-,20?,21?,22?,24?,25?,26-,27-/m1/s1. The molecule has 4 fully saturated rings. The molecule has 4 heteroatoms. The Balaban J connectivity index is 1.58. The summed E-state index contributed by atoms with van der Waals surface area (Å²) in [4.78, 5) is 11.7. The number of rotatable bonds is 5. The first-order valence-corrected chi connectivity index (χ1v) is 13.1. The highest BCUT2D eigenvalue weighted by Gasteiger charge is 2.64. The minimum Gasteiger partial charge on any atom is -0.469 e. The van der Waals surface area contributed by atoms with Crippen LogP contribution in [-0.2, 0) is 9.53 Å². The van der Waals surface area contributed by atoms with Crippen LogP contribution in [-0.4, -0.2) is 35.5 Å². The number of methoxy groups -OCH3 is 1. The molecule has 0 radical (unpaired) electrons. The van der Waals surface area contributed by atoms with E-state index in [0.29, 0.717) is 47.8 Å². The van der Waals surface area contributed by atoms with Crippen molar-refractivity contribution in [3.05, 3.63) is 0 Å². The number of ether oxygens (including phenoxy) is 1. The summed E-state index contributed by atoms with van der Waals surface area (Å²) in [7, 11) is 1.48. The lowest BCUT2D eigenvalue weighted by Crippen LogP contribution is -2.62. The lowest BCUT2D eigenvalue weighted by Gasteiger charge is -2.64. The fraction of sp³-hybridized carbons (Fsp3) is 0.963. The van der Waals surface area contributed by atoms with Crippen LogP contribution in [0.5, 0.6) is 0 Å². The summed E-state index contributed by atoms with van der Waals surface area (Å²) in [5.74, 6) is 3.41. The minimum atomic E-state index is -0.230. The van der Waals surface area contributed by atoms with Gasteiger partial charge in [0.05, 0.1) is 19.3 Å². The highest BCUT2D eigenvalue weighted by Crippen LogP contribution is 2.69. The molecule has 31 heavy (non-hydrogen) atoms. The predicted octanol–water partition coefficient (Wildman–Crippen LogP) is 5.20. The van der Waals surface area contributed by atoms with Gasteiger partial charge in [-0.15, -0.1) is 0 Å². The molecule has 0 heterocycles. The number of aliphatic hydroxyl groups is 2. The fourth-order valence-electron chi connectivity index (χ4n) is 9.58. The second-order valence-corrected chi connectivity index (χ2v) is 12.2. The van der Waals surface area contributed by atoms with Crippen LogP contribution in [0.1, 0.15) is 91.9 Å². The van der Waals surface area contributed by atoms with Gasteiger partial charge in [-0.25, -0.2) is 0 Å². The van der Waals surface area contributed by atoms with Crippen LogP contribution >= 0.6 is 0 Å². The lowest BCUT2D eigenvalue weighted by molar-refractivity contribution is -0.203. The van der Waals surface area contributed by atoms with Gasteiger partial charge < -0.3 is 14.9 Å². The van der Waals surface area contributed by atoms with Gasteiger partial charge in [0.1, 0.15) is 0 Å². The summed E-state index contributed by atoms with van der Waals surface area (Å²) in [6.07, 6.45) is 9.87. The monoisotopic (exact) mass is 434 g/mol. The van der Waals surface area contributed by atoms with Gasteiger partial charge in [-0.1, -0.05) is 34.1 Å². The average Bonchev–Trinajstić information content (AvgIpc) is 3.10. The van der Waals surface area contributed by atoms with Gasteiger partial charge in [-0.3, -0.25) is 4.79 Å². The van der Waals surface area contributed by atoms with Crippen LogP contribution in [0.2, 0.25) is 0 Å². The SMILES string of the molecule is CC[C@H]1C(O)C2C(CC[C@@]3(C)C2CC[C@@H]3[C@H](C)CCC(=O)OC)[C@@]2(C)CC[C@@H](O)CC12. The smallest absolute Gasteiger partial charge is 0.305 e. The molecule has 178 valence electrons. The van der Waals surface area contributed by atoms with Gasteiger partial charge in [0.15, 0.2) is 0 Å². The first-order chi connectivity index (χ1) is 14.7. The van der Waals surface area contributed by atoms with Crippen LogP contribution in [0.15, 0.2) is 0 Å². The largest absolute Gasteiger partial charge is 0.469 e. The van der Waals surface area contributed by atoms with Gasteiger partial charge in [0.25, 0.3) is 0 Å². The molecule has 0 aromatic heterocycles. The molecule has 4 nitrogen and oxygen atoms in total. The normalized spacial score (nSPS) is 50.2. The Morgan fingerprint density at radius 2 is 1.71 bits per heavy atom. The lowest BCUT2D eigenvalue weighted by atomic mass is 9.41. The van der Waals surface area contributed by atoms with Crippen LogP contribution in [0.3, 0.4) is 0 Å². The van der Waals surface area contributed by atoms with Crippen molar-refractivity contribution in [2.75, 3.05) is 7.11 Å². The van der Waals surface area contributed by atoms with Crippen LogP contribution in [0, 0.1) is 52.3 Å². The van der Waals surface area contributed by atoms with Crippen molar-refractivity contribution in [1.29, 1.82) is 0 Å². The van der Waals surface area contributed by atoms with Gasteiger partial charge >= 0.3 is 5.97 Å². The zero-order valence-corrected chi connectivity index (χ0v) is 20.5. The van der Waals surface area contributed by atoms with E-state index in [0.717, 1.165) is 32.1 Å². The van der Waals surface area contributed by atoms with Gasteiger partial charge in [0, 0.05) is 6.42 Å². The maximum atomic E-state index is 11.8. The van der Waals surface area contributed by atoms with E-state index in [9.17, 15) is 15.0 Å². The molecule has 4 aliphatic rings. The molecule has 4 saturated carbocycles. The summed E-state index contributed by atoms with van der Waals surface area (Å²) in [6.45, 7) is 9.58. The summed E-state index contributed by atoms with van der Waals surface area (Å²) < 4.78 is 4.88. The molecule has 4 aliphatic carbocycles. The summed E-state index contributed by atoms with van der Waals surface area (Å²) in [6, 6.07) is 0. The maximum absolute atomic E-state index is 11.8. The molecular weight excluding hydrogens is 388 g/mol. The zero-order valence-electron chi connectivity index (χ0n) is 20.5. The Bertz CT molecular complexity index is 664. The molecule has 0 saturated heterocycles. The number of fused-ring (bicyclic) bond motifs is 5. The molecule has 2 N–H and O–H groups in total. The van der Waals surface area contributed by atoms with Gasteiger partial charge in [-0.2, -0.15) is 0 Å². The van der Waals surface area contributed by atoms with Crippen molar-refractivity contribution in [2.45, 2.75) is 104 Å². The highest BCUT2D eigenvalue weighted by molar-refractivity contribution is 5.69. The summed E-state index contributed by atoms with van der Waals surface area (Å²) in [5, 5.41) is 22.2. The predicted molar refractivity (Wildman–Crippen MR) is 122 cm³/mol. The molecule has 0 aromatic carbocycles. The minimum absolute atomic E-state index is 0.0952.